The Morgan fingerprint density at radius 3 is 2.85 bits per heavy atom. The summed E-state index contributed by atoms with van der Waals surface area (Å²) in [7, 11) is 0. The van der Waals surface area contributed by atoms with Crippen LogP contribution in [0, 0.1) is 5.92 Å². The molecule has 1 fully saturated rings. The van der Waals surface area contributed by atoms with Crippen molar-refractivity contribution in [3.8, 4) is 0 Å². The predicted octanol–water partition coefficient (Wildman–Crippen LogP) is 2.22. The summed E-state index contributed by atoms with van der Waals surface area (Å²) in [6, 6.07) is 0. The molecule has 13 heavy (non-hydrogen) atoms. The molecule has 0 aromatic heterocycles. The van der Waals surface area contributed by atoms with Gasteiger partial charge in [-0.1, -0.05) is 24.3 Å². The van der Waals surface area contributed by atoms with Gasteiger partial charge in [0.25, 0.3) is 0 Å². The van der Waals surface area contributed by atoms with Crippen molar-refractivity contribution < 1.29 is 0 Å². The topological polar surface area (TPSA) is 26.0 Å². The summed E-state index contributed by atoms with van der Waals surface area (Å²) < 4.78 is 0. The molecule has 0 amide bonds. The van der Waals surface area contributed by atoms with E-state index in [1.54, 1.807) is 0 Å². The molecule has 1 aliphatic heterocycles. The van der Waals surface area contributed by atoms with Crippen LogP contribution in [0.25, 0.3) is 0 Å². The lowest BCUT2D eigenvalue weighted by Gasteiger charge is -2.21. The maximum absolute atomic E-state index is 6.22. The van der Waals surface area contributed by atoms with Gasteiger partial charge in [-0.3, -0.25) is 0 Å². The van der Waals surface area contributed by atoms with Crippen LogP contribution in [0.3, 0.4) is 0 Å². The first kappa shape index (κ1) is 7.89. The molecule has 3 rings (SSSR count). The number of thioether (sulfide) groups is 1. The van der Waals surface area contributed by atoms with Crippen LogP contribution in [-0.4, -0.2) is 10.8 Å². The number of rotatable bonds is 1. The van der Waals surface area contributed by atoms with Crippen molar-refractivity contribution >= 4 is 11.8 Å². The lowest BCUT2D eigenvalue weighted by Crippen LogP contribution is -2.29. The second kappa shape index (κ2) is 2.52. The Hall–Kier alpha value is -0.470. The van der Waals surface area contributed by atoms with E-state index in [0.717, 1.165) is 0 Å². The fourth-order valence-electron chi connectivity index (χ4n) is 2.10. The van der Waals surface area contributed by atoms with Crippen molar-refractivity contribution in [1.29, 1.82) is 0 Å². The molecule has 1 saturated carbocycles. The van der Waals surface area contributed by atoms with E-state index in [4.69, 9.17) is 5.73 Å². The first-order valence-electron chi connectivity index (χ1n) is 4.79. The summed E-state index contributed by atoms with van der Waals surface area (Å²) in [6.45, 7) is 0. The quantitative estimate of drug-likeness (QED) is 0.687. The van der Waals surface area contributed by atoms with Crippen molar-refractivity contribution in [2.45, 2.75) is 23.6 Å². The van der Waals surface area contributed by atoms with E-state index < -0.39 is 0 Å². The fraction of sp³-hybridized carbons (Fsp3) is 0.455. The zero-order valence-corrected chi connectivity index (χ0v) is 8.26. The van der Waals surface area contributed by atoms with Crippen LogP contribution in [0.1, 0.15) is 12.8 Å². The van der Waals surface area contributed by atoms with Crippen molar-refractivity contribution in [2.75, 3.05) is 0 Å². The van der Waals surface area contributed by atoms with Crippen LogP contribution < -0.4 is 5.73 Å². The lowest BCUT2D eigenvalue weighted by atomic mass is 9.87. The summed E-state index contributed by atoms with van der Waals surface area (Å²) in [5, 5.41) is 2.92. The highest BCUT2D eigenvalue weighted by molar-refractivity contribution is 8.03. The van der Waals surface area contributed by atoms with E-state index in [9.17, 15) is 0 Å². The molecule has 0 spiro atoms. The molecular weight excluding hydrogens is 178 g/mol. The van der Waals surface area contributed by atoms with Crippen LogP contribution in [-0.2, 0) is 0 Å². The Bertz CT molecular complexity index is 323. The summed E-state index contributed by atoms with van der Waals surface area (Å²) in [6.07, 6.45) is 11.2. The van der Waals surface area contributed by atoms with E-state index in [1.165, 1.54) is 18.4 Å². The van der Waals surface area contributed by atoms with Crippen molar-refractivity contribution in [3.63, 3.8) is 0 Å². The highest BCUT2D eigenvalue weighted by atomic mass is 32.2. The smallest absolute Gasteiger partial charge is 0.0384 e. The molecule has 0 aromatic carbocycles. The first-order chi connectivity index (χ1) is 6.30. The highest BCUT2D eigenvalue weighted by Crippen LogP contribution is 2.51. The SMILES string of the molecule is NC1(C2=CSC3C=CC=CC23)CC1. The van der Waals surface area contributed by atoms with Crippen LogP contribution in [0.15, 0.2) is 35.3 Å². The minimum absolute atomic E-state index is 0.0714. The van der Waals surface area contributed by atoms with Gasteiger partial charge in [-0.25, -0.2) is 0 Å². The summed E-state index contributed by atoms with van der Waals surface area (Å²) >= 11 is 1.92. The summed E-state index contributed by atoms with van der Waals surface area (Å²) in [5.74, 6) is 0.586. The van der Waals surface area contributed by atoms with Crippen LogP contribution in [0.4, 0.5) is 0 Å². The minimum Gasteiger partial charge on any atom is -0.322 e. The van der Waals surface area contributed by atoms with E-state index in [1.807, 2.05) is 11.8 Å². The molecule has 68 valence electrons. The molecule has 0 bridgehead atoms. The first-order valence-corrected chi connectivity index (χ1v) is 5.74. The van der Waals surface area contributed by atoms with Crippen molar-refractivity contribution in [1.82, 2.24) is 0 Å². The van der Waals surface area contributed by atoms with Crippen molar-refractivity contribution in [2.24, 2.45) is 11.7 Å². The normalized spacial score (nSPS) is 38.7. The monoisotopic (exact) mass is 191 g/mol. The molecule has 2 unspecified atom stereocenters. The number of nitrogens with two attached hydrogens (primary N) is 1. The molecule has 2 atom stereocenters. The Labute approximate surface area is 82.8 Å². The van der Waals surface area contributed by atoms with E-state index in [-0.39, 0.29) is 5.54 Å². The average molecular weight is 191 g/mol. The van der Waals surface area contributed by atoms with Gasteiger partial charge in [0.15, 0.2) is 0 Å². The molecule has 2 N–H and O–H groups in total. The number of hydrogen-bond acceptors (Lipinski definition) is 2. The van der Waals surface area contributed by atoms with Gasteiger partial charge in [-0.2, -0.15) is 0 Å². The molecule has 0 aromatic rings. The Kier molecular flexibility index (Phi) is 1.53. The second-order valence-corrected chi connectivity index (χ2v) is 5.18. The summed E-state index contributed by atoms with van der Waals surface area (Å²) in [4.78, 5) is 0. The van der Waals surface area contributed by atoms with Gasteiger partial charge in [0.05, 0.1) is 0 Å². The molecule has 0 saturated heterocycles. The molecule has 0 radical (unpaired) electrons. The average Bonchev–Trinajstić information content (AvgIpc) is 2.76. The molecule has 1 nitrogen and oxygen atoms in total. The largest absolute Gasteiger partial charge is 0.322 e. The highest BCUT2D eigenvalue weighted by Gasteiger charge is 2.47. The van der Waals surface area contributed by atoms with Crippen LogP contribution >= 0.6 is 11.8 Å². The third-order valence-electron chi connectivity index (χ3n) is 3.16. The number of fused-ring (bicyclic) bond motifs is 1. The Morgan fingerprint density at radius 1 is 1.31 bits per heavy atom. The third-order valence-corrected chi connectivity index (χ3v) is 4.31. The zero-order valence-electron chi connectivity index (χ0n) is 7.44. The van der Waals surface area contributed by atoms with E-state index in [0.29, 0.717) is 11.2 Å². The second-order valence-electron chi connectivity index (χ2n) is 4.13. The zero-order chi connectivity index (χ0) is 8.89. The third kappa shape index (κ3) is 1.12. The van der Waals surface area contributed by atoms with E-state index >= 15 is 0 Å². The molecular formula is C11H13NS. The predicted molar refractivity (Wildman–Crippen MR) is 57.4 cm³/mol. The standard InChI is InChI=1S/C11H13NS/c12-11(5-6-11)9-7-13-10-4-2-1-3-8(9)10/h1-4,7-8,10H,5-6,12H2. The maximum atomic E-state index is 6.22. The van der Waals surface area contributed by atoms with Gasteiger partial charge in [-0.05, 0) is 23.8 Å². The fourth-order valence-corrected chi connectivity index (χ4v) is 3.38. The number of hydrogen-bond donors (Lipinski definition) is 1. The van der Waals surface area contributed by atoms with Gasteiger partial charge in [0, 0.05) is 16.7 Å². The molecule has 1 heterocycles. The van der Waals surface area contributed by atoms with Gasteiger partial charge in [0.1, 0.15) is 0 Å². The van der Waals surface area contributed by atoms with Crippen LogP contribution in [0.2, 0.25) is 0 Å². The van der Waals surface area contributed by atoms with Gasteiger partial charge < -0.3 is 5.73 Å². The van der Waals surface area contributed by atoms with Gasteiger partial charge >= 0.3 is 0 Å². The molecule has 2 aliphatic carbocycles. The Morgan fingerprint density at radius 2 is 2.08 bits per heavy atom. The number of allylic oxidation sites excluding steroid dienone is 3. The minimum atomic E-state index is 0.0714. The van der Waals surface area contributed by atoms with Crippen LogP contribution in [0.5, 0.6) is 0 Å². The van der Waals surface area contributed by atoms with Crippen molar-refractivity contribution in [3.05, 3.63) is 35.3 Å². The van der Waals surface area contributed by atoms with E-state index in [2.05, 4.69) is 29.7 Å². The summed E-state index contributed by atoms with van der Waals surface area (Å²) in [5.41, 5.74) is 7.77. The molecule has 2 heteroatoms. The lowest BCUT2D eigenvalue weighted by molar-refractivity contribution is 0.665. The van der Waals surface area contributed by atoms with Gasteiger partial charge in [0.2, 0.25) is 0 Å². The Balaban J connectivity index is 1.91. The van der Waals surface area contributed by atoms with Gasteiger partial charge in [-0.15, -0.1) is 11.8 Å². The molecule has 3 aliphatic rings. The maximum Gasteiger partial charge on any atom is 0.0384 e.